The van der Waals surface area contributed by atoms with Gasteiger partial charge in [-0.25, -0.2) is 4.98 Å². The SMILES string of the molecule is Cc1ccccc1CNC(=O)C1N(C(=O)[C@@H](O)C(Cc2ccccc2)NC(=O)c2sc(N)nc2C)CSC1(C)C. The van der Waals surface area contributed by atoms with Crippen LogP contribution in [0.25, 0.3) is 0 Å². The highest BCUT2D eigenvalue weighted by atomic mass is 32.2. The minimum atomic E-state index is -1.59. The molecule has 5 N–H and O–H groups in total. The van der Waals surface area contributed by atoms with Crippen molar-refractivity contribution in [2.75, 3.05) is 11.6 Å². The first-order valence-corrected chi connectivity index (χ1v) is 14.8. The molecule has 4 rings (SSSR count). The zero-order valence-electron chi connectivity index (χ0n) is 23.0. The number of aryl methyl sites for hydroxylation is 2. The Bertz CT molecular complexity index is 1380. The van der Waals surface area contributed by atoms with Gasteiger partial charge in [0.05, 0.1) is 17.6 Å². The van der Waals surface area contributed by atoms with Crippen LogP contribution in [-0.4, -0.2) is 61.5 Å². The van der Waals surface area contributed by atoms with Crippen LogP contribution < -0.4 is 16.4 Å². The lowest BCUT2D eigenvalue weighted by Gasteiger charge is -2.33. The normalized spacial score (nSPS) is 17.7. The van der Waals surface area contributed by atoms with Crippen molar-refractivity contribution in [3.63, 3.8) is 0 Å². The number of hydrogen-bond donors (Lipinski definition) is 4. The number of nitrogens with two attached hydrogens (primary N) is 1. The van der Waals surface area contributed by atoms with Crippen LogP contribution in [0.15, 0.2) is 54.6 Å². The quantitative estimate of drug-likeness (QED) is 0.305. The predicted molar refractivity (Wildman–Crippen MR) is 159 cm³/mol. The molecule has 11 heteroatoms. The monoisotopic (exact) mass is 581 g/mol. The molecule has 3 aromatic rings. The van der Waals surface area contributed by atoms with Crippen molar-refractivity contribution < 1.29 is 19.5 Å². The van der Waals surface area contributed by atoms with Crippen LogP contribution in [0.4, 0.5) is 5.13 Å². The lowest BCUT2D eigenvalue weighted by Crippen LogP contribution is -2.58. The van der Waals surface area contributed by atoms with E-state index in [9.17, 15) is 19.5 Å². The third-order valence-electron chi connectivity index (χ3n) is 7.06. The van der Waals surface area contributed by atoms with Crippen molar-refractivity contribution in [2.45, 2.75) is 63.6 Å². The Labute approximate surface area is 242 Å². The first-order valence-electron chi connectivity index (χ1n) is 13.0. The van der Waals surface area contributed by atoms with Gasteiger partial charge in [0.15, 0.2) is 11.2 Å². The van der Waals surface area contributed by atoms with Crippen LogP contribution in [0.1, 0.15) is 45.9 Å². The van der Waals surface area contributed by atoms with Crippen LogP contribution in [0.3, 0.4) is 0 Å². The Hall–Kier alpha value is -3.41. The zero-order chi connectivity index (χ0) is 29.0. The summed E-state index contributed by atoms with van der Waals surface area (Å²) in [5, 5.41) is 17.5. The number of nitrogen functional groups attached to an aromatic ring is 1. The van der Waals surface area contributed by atoms with Crippen LogP contribution in [0.5, 0.6) is 0 Å². The summed E-state index contributed by atoms with van der Waals surface area (Å²) in [7, 11) is 0. The fourth-order valence-electron chi connectivity index (χ4n) is 4.81. The summed E-state index contributed by atoms with van der Waals surface area (Å²) in [5.41, 5.74) is 9.14. The van der Waals surface area contributed by atoms with Crippen molar-refractivity contribution in [1.29, 1.82) is 0 Å². The number of rotatable bonds is 9. The summed E-state index contributed by atoms with van der Waals surface area (Å²) in [5.74, 6) is -1.14. The number of aliphatic hydroxyl groups excluding tert-OH is 1. The minimum absolute atomic E-state index is 0.210. The second kappa shape index (κ2) is 12.4. The summed E-state index contributed by atoms with van der Waals surface area (Å²) < 4.78 is -0.583. The molecule has 1 saturated heterocycles. The minimum Gasteiger partial charge on any atom is -0.381 e. The van der Waals surface area contributed by atoms with E-state index in [1.807, 2.05) is 75.4 Å². The second-order valence-corrected chi connectivity index (χ2v) is 13.0. The molecule has 212 valence electrons. The number of hydrogen-bond acceptors (Lipinski definition) is 8. The number of benzene rings is 2. The number of thioether (sulfide) groups is 1. The summed E-state index contributed by atoms with van der Waals surface area (Å²) in [6, 6.07) is 15.3. The van der Waals surface area contributed by atoms with Crippen LogP contribution >= 0.6 is 23.1 Å². The molecule has 1 aliphatic heterocycles. The molecular weight excluding hydrogens is 546 g/mol. The number of aliphatic hydroxyl groups is 1. The third kappa shape index (κ3) is 6.65. The highest BCUT2D eigenvalue weighted by Gasteiger charge is 2.49. The molecule has 2 heterocycles. The molecule has 0 spiro atoms. The molecular formula is C29H35N5O4S2. The summed E-state index contributed by atoms with van der Waals surface area (Å²) >= 11 is 2.52. The first-order chi connectivity index (χ1) is 19.0. The topological polar surface area (TPSA) is 138 Å². The average Bonchev–Trinajstić information content (AvgIpc) is 3.44. The molecule has 1 aliphatic rings. The van der Waals surface area contributed by atoms with Gasteiger partial charge in [-0.15, -0.1) is 11.8 Å². The van der Waals surface area contributed by atoms with Crippen molar-refractivity contribution in [3.05, 3.63) is 81.9 Å². The Morgan fingerprint density at radius 3 is 2.45 bits per heavy atom. The van der Waals surface area contributed by atoms with Crippen LogP contribution in [0.2, 0.25) is 0 Å². The molecule has 40 heavy (non-hydrogen) atoms. The van der Waals surface area contributed by atoms with E-state index in [0.29, 0.717) is 17.1 Å². The van der Waals surface area contributed by atoms with Crippen molar-refractivity contribution >= 4 is 46.0 Å². The number of anilines is 1. The van der Waals surface area contributed by atoms with Crippen molar-refractivity contribution in [3.8, 4) is 0 Å². The summed E-state index contributed by atoms with van der Waals surface area (Å²) in [4.78, 5) is 46.3. The Kier molecular flexibility index (Phi) is 9.17. The van der Waals surface area contributed by atoms with E-state index in [2.05, 4.69) is 15.6 Å². The van der Waals surface area contributed by atoms with E-state index in [-0.39, 0.29) is 23.3 Å². The summed E-state index contributed by atoms with van der Waals surface area (Å²) in [6.07, 6.45) is -1.38. The number of nitrogens with one attached hydrogen (secondary N) is 2. The van der Waals surface area contributed by atoms with Gasteiger partial charge < -0.3 is 26.4 Å². The van der Waals surface area contributed by atoms with Crippen LogP contribution in [-0.2, 0) is 22.6 Å². The number of thiazole rings is 1. The van der Waals surface area contributed by atoms with E-state index in [1.165, 1.54) is 16.7 Å². The smallest absolute Gasteiger partial charge is 0.263 e. The number of aromatic nitrogens is 1. The number of nitrogens with zero attached hydrogens (tertiary/aromatic N) is 2. The molecule has 0 bridgehead atoms. The third-order valence-corrected chi connectivity index (χ3v) is 9.42. The van der Waals surface area contributed by atoms with Crippen LogP contribution in [0, 0.1) is 13.8 Å². The lowest BCUT2D eigenvalue weighted by atomic mass is 9.97. The predicted octanol–water partition coefficient (Wildman–Crippen LogP) is 3.04. The Balaban J connectivity index is 1.55. The van der Waals surface area contributed by atoms with E-state index in [1.54, 1.807) is 6.92 Å². The average molecular weight is 582 g/mol. The van der Waals surface area contributed by atoms with E-state index >= 15 is 0 Å². The Morgan fingerprint density at radius 1 is 1.12 bits per heavy atom. The molecule has 2 aromatic carbocycles. The maximum Gasteiger partial charge on any atom is 0.263 e. The van der Waals surface area contributed by atoms with Gasteiger partial charge in [0.1, 0.15) is 10.9 Å². The van der Waals surface area contributed by atoms with Gasteiger partial charge in [-0.3, -0.25) is 14.4 Å². The van der Waals surface area contributed by atoms with Gasteiger partial charge in [-0.2, -0.15) is 0 Å². The lowest BCUT2D eigenvalue weighted by molar-refractivity contribution is -0.147. The van der Waals surface area contributed by atoms with Crippen molar-refractivity contribution in [2.24, 2.45) is 0 Å². The standard InChI is InChI=1S/C29H35N5O4S2/c1-17-10-8-9-13-20(17)15-31-26(37)24-29(3,4)39-16-34(24)27(38)22(35)21(14-19-11-6-5-7-12-19)33-25(36)23-18(2)32-28(30)40-23/h5-13,21-22,24,35H,14-16H2,1-4H3,(H2,30,32)(H,31,37)(H,33,36)/t21?,22-,24?/m0/s1. The van der Waals surface area contributed by atoms with E-state index in [0.717, 1.165) is 28.0 Å². The number of amides is 3. The van der Waals surface area contributed by atoms with E-state index < -0.39 is 34.7 Å². The molecule has 0 aliphatic carbocycles. The zero-order valence-corrected chi connectivity index (χ0v) is 24.6. The molecule has 1 aromatic heterocycles. The molecule has 2 unspecified atom stereocenters. The van der Waals surface area contributed by atoms with Gasteiger partial charge in [0.25, 0.3) is 11.8 Å². The maximum absolute atomic E-state index is 13.8. The number of carbonyl (C=O) groups is 3. The van der Waals surface area contributed by atoms with Gasteiger partial charge in [-0.05, 0) is 50.8 Å². The largest absolute Gasteiger partial charge is 0.381 e. The Morgan fingerprint density at radius 2 is 1.80 bits per heavy atom. The molecule has 3 amide bonds. The molecule has 3 atom stereocenters. The van der Waals surface area contributed by atoms with Crippen molar-refractivity contribution in [1.82, 2.24) is 20.5 Å². The highest BCUT2D eigenvalue weighted by molar-refractivity contribution is 8.00. The molecule has 1 fully saturated rings. The fourth-order valence-corrected chi connectivity index (χ4v) is 6.69. The molecule has 0 radical (unpaired) electrons. The molecule has 0 saturated carbocycles. The fraction of sp³-hybridized carbons (Fsp3) is 0.379. The second-order valence-electron chi connectivity index (χ2n) is 10.4. The van der Waals surface area contributed by atoms with Gasteiger partial charge in [0.2, 0.25) is 5.91 Å². The van der Waals surface area contributed by atoms with E-state index in [4.69, 9.17) is 5.73 Å². The van der Waals surface area contributed by atoms with Gasteiger partial charge in [-0.1, -0.05) is 65.9 Å². The maximum atomic E-state index is 13.8. The summed E-state index contributed by atoms with van der Waals surface area (Å²) in [6.45, 7) is 7.81. The highest BCUT2D eigenvalue weighted by Crippen LogP contribution is 2.40. The van der Waals surface area contributed by atoms with Gasteiger partial charge in [0, 0.05) is 11.3 Å². The number of carbonyl (C=O) groups excluding carboxylic acids is 3. The van der Waals surface area contributed by atoms with Gasteiger partial charge >= 0.3 is 0 Å². The molecule has 9 nitrogen and oxygen atoms in total. The first kappa shape index (κ1) is 29.6.